The molecule has 0 radical (unpaired) electrons. The molecule has 0 aromatic carbocycles. The van der Waals surface area contributed by atoms with Crippen molar-refractivity contribution in [2.75, 3.05) is 13.1 Å². The van der Waals surface area contributed by atoms with E-state index in [0.29, 0.717) is 30.8 Å². The number of fused-ring (bicyclic) bond motifs is 3. The number of ether oxygens (including phenoxy) is 1. The van der Waals surface area contributed by atoms with E-state index >= 15 is 0 Å². The number of carbonyl (C=O) groups is 1. The van der Waals surface area contributed by atoms with Gasteiger partial charge < -0.3 is 9.64 Å². The molecule has 2 aromatic rings. The van der Waals surface area contributed by atoms with Gasteiger partial charge in [0.1, 0.15) is 0 Å². The maximum Gasteiger partial charge on any atom is 0.333 e. The molecule has 0 unspecified atom stereocenters. The van der Waals surface area contributed by atoms with Crippen molar-refractivity contribution in [2.24, 2.45) is 0 Å². The Bertz CT molecular complexity index is 730. The number of piperidine rings is 1. The smallest absolute Gasteiger partial charge is 0.333 e. The Kier molecular flexibility index (Phi) is 3.33. The summed E-state index contributed by atoms with van der Waals surface area (Å²) in [6.45, 7) is -1.49. The number of hydrogen-bond donors (Lipinski definition) is 0. The third kappa shape index (κ3) is 2.38. The number of halogens is 2. The van der Waals surface area contributed by atoms with Gasteiger partial charge in [-0.2, -0.15) is 13.9 Å². The van der Waals surface area contributed by atoms with Gasteiger partial charge in [-0.3, -0.25) is 4.79 Å². The number of rotatable bonds is 2. The first-order valence-electron chi connectivity index (χ1n) is 7.27. The van der Waals surface area contributed by atoms with Gasteiger partial charge in [-0.05, 0) is 12.5 Å². The van der Waals surface area contributed by atoms with Gasteiger partial charge in [0, 0.05) is 19.3 Å². The van der Waals surface area contributed by atoms with Crippen molar-refractivity contribution in [3.05, 3.63) is 29.8 Å². The second-order valence-corrected chi connectivity index (χ2v) is 5.59. The van der Waals surface area contributed by atoms with E-state index in [0.717, 1.165) is 11.9 Å². The summed E-state index contributed by atoms with van der Waals surface area (Å²) in [5.41, 5.74) is 0.933. The fraction of sp³-hybridized carbons (Fsp3) is 0.538. The van der Waals surface area contributed by atoms with E-state index in [2.05, 4.69) is 15.4 Å². The van der Waals surface area contributed by atoms with Gasteiger partial charge in [-0.1, -0.05) is 5.21 Å². The van der Waals surface area contributed by atoms with E-state index in [4.69, 9.17) is 4.74 Å². The molecule has 1 saturated heterocycles. The minimum atomic E-state index is -2.75. The summed E-state index contributed by atoms with van der Waals surface area (Å²) in [5, 5.41) is 11.6. The predicted molar refractivity (Wildman–Crippen MR) is 71.6 cm³/mol. The molecule has 0 spiro atoms. The fourth-order valence-electron chi connectivity index (χ4n) is 3.09. The maximum absolute atomic E-state index is 12.6. The van der Waals surface area contributed by atoms with Gasteiger partial charge in [0.05, 0.1) is 30.6 Å². The second-order valence-electron chi connectivity index (χ2n) is 5.59. The second kappa shape index (κ2) is 5.37. The SMILES string of the molecule is O=C(c1ccn(C(F)F)n1)N1CC[C@H]2[C@H](C1)OCc1cnnn12. The topological polar surface area (TPSA) is 78.1 Å². The van der Waals surface area contributed by atoms with Crippen molar-refractivity contribution < 1.29 is 18.3 Å². The van der Waals surface area contributed by atoms with Crippen LogP contribution in [-0.2, 0) is 11.3 Å². The van der Waals surface area contributed by atoms with Crippen LogP contribution in [0.2, 0.25) is 0 Å². The summed E-state index contributed by atoms with van der Waals surface area (Å²) >= 11 is 0. The Morgan fingerprint density at radius 3 is 3.09 bits per heavy atom. The highest BCUT2D eigenvalue weighted by molar-refractivity contribution is 5.92. The highest BCUT2D eigenvalue weighted by atomic mass is 19.3. The minimum absolute atomic E-state index is 0.0148. The highest BCUT2D eigenvalue weighted by Crippen LogP contribution is 2.30. The standard InChI is InChI=1S/C13H14F2N6O2/c14-13(15)20-4-1-9(17-20)12(22)19-3-2-10-11(6-19)23-7-8-5-16-18-21(8)10/h1,4-5,10-11,13H,2-3,6-7H2/t10-,11-/m0/s1. The van der Waals surface area contributed by atoms with Crippen LogP contribution in [0.25, 0.3) is 0 Å². The lowest BCUT2D eigenvalue weighted by molar-refractivity contribution is -0.0628. The number of amides is 1. The molecule has 1 fully saturated rings. The van der Waals surface area contributed by atoms with Crippen LogP contribution in [0.5, 0.6) is 0 Å². The Hall–Kier alpha value is -2.36. The van der Waals surface area contributed by atoms with Crippen LogP contribution in [0.4, 0.5) is 8.78 Å². The summed E-state index contributed by atoms with van der Waals surface area (Å²) in [5.74, 6) is -0.365. The number of carbonyl (C=O) groups excluding carboxylic acids is 1. The molecule has 4 rings (SSSR count). The number of hydrogen-bond acceptors (Lipinski definition) is 5. The Morgan fingerprint density at radius 2 is 2.30 bits per heavy atom. The average Bonchev–Trinajstić information content (AvgIpc) is 3.22. The predicted octanol–water partition coefficient (Wildman–Crippen LogP) is 0.856. The summed E-state index contributed by atoms with van der Waals surface area (Å²) < 4.78 is 33.2. The van der Waals surface area contributed by atoms with Crippen molar-refractivity contribution in [2.45, 2.75) is 31.7 Å². The van der Waals surface area contributed by atoms with Crippen LogP contribution in [0.15, 0.2) is 18.5 Å². The maximum atomic E-state index is 12.6. The average molecular weight is 324 g/mol. The summed E-state index contributed by atoms with van der Waals surface area (Å²) in [4.78, 5) is 14.0. The molecular weight excluding hydrogens is 310 g/mol. The molecule has 2 aromatic heterocycles. The lowest BCUT2D eigenvalue weighted by atomic mass is 10.00. The summed E-state index contributed by atoms with van der Waals surface area (Å²) in [7, 11) is 0. The van der Waals surface area contributed by atoms with Crippen molar-refractivity contribution >= 4 is 5.91 Å². The quantitative estimate of drug-likeness (QED) is 0.818. The number of nitrogens with zero attached hydrogens (tertiary/aromatic N) is 6. The molecule has 2 atom stereocenters. The molecule has 8 nitrogen and oxygen atoms in total. The molecule has 4 heterocycles. The van der Waals surface area contributed by atoms with E-state index in [9.17, 15) is 13.6 Å². The fourth-order valence-corrected chi connectivity index (χ4v) is 3.09. The highest BCUT2D eigenvalue weighted by Gasteiger charge is 2.38. The van der Waals surface area contributed by atoms with Crippen LogP contribution >= 0.6 is 0 Å². The summed E-state index contributed by atoms with van der Waals surface area (Å²) in [6.07, 6.45) is 3.26. The Labute approximate surface area is 129 Å². The van der Waals surface area contributed by atoms with Crippen molar-refractivity contribution in [3.63, 3.8) is 0 Å². The Morgan fingerprint density at radius 1 is 1.43 bits per heavy atom. The first-order chi connectivity index (χ1) is 11.1. The Balaban J connectivity index is 1.49. The van der Waals surface area contributed by atoms with Crippen LogP contribution in [0, 0.1) is 0 Å². The van der Waals surface area contributed by atoms with Gasteiger partial charge in [-0.25, -0.2) is 9.36 Å². The van der Waals surface area contributed by atoms with Crippen LogP contribution < -0.4 is 0 Å². The van der Waals surface area contributed by atoms with Gasteiger partial charge in [0.2, 0.25) is 0 Å². The van der Waals surface area contributed by atoms with Crippen LogP contribution in [-0.4, -0.2) is 54.8 Å². The van der Waals surface area contributed by atoms with E-state index in [1.165, 1.54) is 6.07 Å². The van der Waals surface area contributed by atoms with E-state index in [1.54, 1.807) is 11.1 Å². The molecule has 122 valence electrons. The van der Waals surface area contributed by atoms with Gasteiger partial charge in [0.15, 0.2) is 5.69 Å². The van der Waals surface area contributed by atoms with Gasteiger partial charge >= 0.3 is 6.55 Å². The monoisotopic (exact) mass is 324 g/mol. The normalized spacial score (nSPS) is 23.7. The lowest BCUT2D eigenvalue weighted by Gasteiger charge is -2.40. The van der Waals surface area contributed by atoms with Crippen molar-refractivity contribution in [3.8, 4) is 0 Å². The van der Waals surface area contributed by atoms with E-state index in [1.807, 2.05) is 4.68 Å². The zero-order valence-corrected chi connectivity index (χ0v) is 12.0. The van der Waals surface area contributed by atoms with Crippen LogP contribution in [0.1, 0.15) is 35.2 Å². The molecule has 1 amide bonds. The molecule has 23 heavy (non-hydrogen) atoms. The summed E-state index contributed by atoms with van der Waals surface area (Å²) in [6, 6.07) is 1.35. The lowest BCUT2D eigenvalue weighted by Crippen LogP contribution is -2.50. The molecule has 2 aliphatic rings. The van der Waals surface area contributed by atoms with E-state index in [-0.39, 0.29) is 23.7 Å². The van der Waals surface area contributed by atoms with E-state index < -0.39 is 6.55 Å². The van der Waals surface area contributed by atoms with Crippen molar-refractivity contribution in [1.82, 2.24) is 29.7 Å². The zero-order valence-electron chi connectivity index (χ0n) is 12.0. The largest absolute Gasteiger partial charge is 0.368 e. The number of likely N-dealkylation sites (tertiary alicyclic amines) is 1. The molecule has 2 aliphatic heterocycles. The third-order valence-corrected chi connectivity index (χ3v) is 4.25. The first-order valence-corrected chi connectivity index (χ1v) is 7.27. The van der Waals surface area contributed by atoms with Crippen molar-refractivity contribution in [1.29, 1.82) is 0 Å². The van der Waals surface area contributed by atoms with Gasteiger partial charge in [-0.15, -0.1) is 5.10 Å². The number of aromatic nitrogens is 5. The first kappa shape index (κ1) is 14.2. The zero-order chi connectivity index (χ0) is 16.0. The van der Waals surface area contributed by atoms with Crippen LogP contribution in [0.3, 0.4) is 0 Å². The molecule has 0 N–H and O–H groups in total. The van der Waals surface area contributed by atoms with Gasteiger partial charge in [0.25, 0.3) is 5.91 Å². The number of alkyl halides is 2. The molecule has 0 saturated carbocycles. The molecule has 10 heteroatoms. The minimum Gasteiger partial charge on any atom is -0.368 e. The molecule has 0 aliphatic carbocycles. The third-order valence-electron chi connectivity index (χ3n) is 4.25. The molecule has 0 bridgehead atoms. The molecular formula is C13H14F2N6O2.